The van der Waals surface area contributed by atoms with Crippen LogP contribution < -0.4 is 10.5 Å². The van der Waals surface area contributed by atoms with Gasteiger partial charge in [0.25, 0.3) is 0 Å². The Hall–Kier alpha value is -2.64. The fourth-order valence-electron chi connectivity index (χ4n) is 5.44. The zero-order valence-electron chi connectivity index (χ0n) is 22.7. The number of carbonyl (C=O) groups is 1. The van der Waals surface area contributed by atoms with Crippen LogP contribution in [0.5, 0.6) is 0 Å². The number of nitrogens with zero attached hydrogens (tertiary/aromatic N) is 1. The molecule has 1 atom stereocenters. The van der Waals surface area contributed by atoms with Gasteiger partial charge in [-0.15, -0.1) is 0 Å². The molecule has 218 valence electrons. The van der Waals surface area contributed by atoms with E-state index in [1.807, 2.05) is 0 Å². The molecule has 1 fully saturated rings. The number of hydrogen-bond donors (Lipinski definition) is 2. The van der Waals surface area contributed by atoms with Gasteiger partial charge in [0, 0.05) is 19.3 Å². The summed E-state index contributed by atoms with van der Waals surface area (Å²) in [5, 5.41) is 0. The molecule has 1 spiro atoms. The topological polar surface area (TPSA) is 136 Å². The summed E-state index contributed by atoms with van der Waals surface area (Å²) in [5.41, 5.74) is 7.08. The fourth-order valence-corrected chi connectivity index (χ4v) is 8.05. The molecule has 12 heteroatoms. The number of likely N-dealkylation sites (N-methyl/N-ethyl adjacent to an activating group) is 1. The highest BCUT2D eigenvalue weighted by Gasteiger charge is 2.49. The summed E-state index contributed by atoms with van der Waals surface area (Å²) in [6, 6.07) is 10.7. The molecule has 0 aromatic heterocycles. The molecular formula is C28H36FN3O6S2. The van der Waals surface area contributed by atoms with E-state index in [9.17, 15) is 26.0 Å². The van der Waals surface area contributed by atoms with Gasteiger partial charge in [-0.05, 0) is 60.7 Å². The maximum atomic E-state index is 13.5. The molecule has 1 aliphatic carbocycles. The van der Waals surface area contributed by atoms with Crippen molar-refractivity contribution in [1.82, 2.24) is 9.62 Å². The standard InChI is InChI=1S/C28H36FN3O6S2/c1-3-32(27(33)25(30)19-38-18-20-7-11-22(29)12-8-20)17-24-26(21-9-13-23(14-10-21)39(2,34)35)40(36,37)31-28(24)15-5-4-6-16-28/h7-14,25,31H,3-6,15-19,30H2,1-2H3/t25-/m1/s1. The summed E-state index contributed by atoms with van der Waals surface area (Å²) in [6.45, 7) is 2.25. The van der Waals surface area contributed by atoms with E-state index in [0.29, 0.717) is 30.5 Å². The predicted molar refractivity (Wildman–Crippen MR) is 151 cm³/mol. The van der Waals surface area contributed by atoms with E-state index in [-0.39, 0.29) is 41.3 Å². The van der Waals surface area contributed by atoms with Crippen LogP contribution in [-0.2, 0) is 36.0 Å². The fraction of sp³-hybridized carbons (Fsp3) is 0.464. The minimum atomic E-state index is -3.93. The maximum absolute atomic E-state index is 13.5. The number of carbonyl (C=O) groups excluding carboxylic acids is 1. The smallest absolute Gasteiger partial charge is 0.242 e. The predicted octanol–water partition coefficient (Wildman–Crippen LogP) is 2.97. The SMILES string of the molecule is CCN(CC1=C(c2ccc(S(C)(=O)=O)cc2)S(=O)(=O)NC12CCCCC2)C(=O)[C@H](N)COCc1ccc(F)cc1. The summed E-state index contributed by atoms with van der Waals surface area (Å²) in [6.07, 6.45) is 4.96. The molecule has 1 amide bonds. The summed E-state index contributed by atoms with van der Waals surface area (Å²) in [5.74, 6) is -0.732. The van der Waals surface area contributed by atoms with Crippen molar-refractivity contribution in [3.05, 3.63) is 71.0 Å². The van der Waals surface area contributed by atoms with Gasteiger partial charge < -0.3 is 15.4 Å². The highest BCUT2D eigenvalue weighted by atomic mass is 32.2. The van der Waals surface area contributed by atoms with Crippen molar-refractivity contribution >= 4 is 30.7 Å². The summed E-state index contributed by atoms with van der Waals surface area (Å²) in [7, 11) is -7.39. The van der Waals surface area contributed by atoms with Crippen molar-refractivity contribution in [2.24, 2.45) is 5.73 Å². The Balaban J connectivity index is 1.61. The first-order valence-corrected chi connectivity index (χ1v) is 16.7. The highest BCUT2D eigenvalue weighted by Crippen LogP contribution is 2.45. The second-order valence-electron chi connectivity index (χ2n) is 10.5. The summed E-state index contributed by atoms with van der Waals surface area (Å²) >= 11 is 0. The van der Waals surface area contributed by atoms with Crippen LogP contribution in [0.3, 0.4) is 0 Å². The third-order valence-electron chi connectivity index (χ3n) is 7.54. The van der Waals surface area contributed by atoms with Crippen molar-refractivity contribution in [3.8, 4) is 0 Å². The number of amides is 1. The lowest BCUT2D eigenvalue weighted by Crippen LogP contribution is -2.51. The van der Waals surface area contributed by atoms with Crippen LogP contribution in [0.2, 0.25) is 0 Å². The normalized spacial score (nSPS) is 19.1. The zero-order chi connectivity index (χ0) is 29.1. The van der Waals surface area contributed by atoms with Crippen LogP contribution in [0, 0.1) is 5.82 Å². The van der Waals surface area contributed by atoms with Crippen LogP contribution >= 0.6 is 0 Å². The molecule has 3 N–H and O–H groups in total. The van der Waals surface area contributed by atoms with Gasteiger partial charge in [-0.25, -0.2) is 25.9 Å². The van der Waals surface area contributed by atoms with Gasteiger partial charge in [0.2, 0.25) is 15.9 Å². The van der Waals surface area contributed by atoms with E-state index in [4.69, 9.17) is 10.5 Å². The van der Waals surface area contributed by atoms with Gasteiger partial charge in [-0.1, -0.05) is 43.5 Å². The van der Waals surface area contributed by atoms with Gasteiger partial charge in [-0.2, -0.15) is 0 Å². The largest absolute Gasteiger partial charge is 0.375 e. The number of halogens is 1. The molecule has 0 bridgehead atoms. The first-order valence-electron chi connectivity index (χ1n) is 13.3. The van der Waals surface area contributed by atoms with E-state index in [0.717, 1.165) is 31.1 Å². The van der Waals surface area contributed by atoms with E-state index in [1.165, 1.54) is 41.3 Å². The van der Waals surface area contributed by atoms with Gasteiger partial charge in [0.05, 0.1) is 28.6 Å². The second-order valence-corrected chi connectivity index (χ2v) is 14.1. The molecule has 40 heavy (non-hydrogen) atoms. The average molecular weight is 594 g/mol. The number of nitrogens with two attached hydrogens (primary N) is 1. The van der Waals surface area contributed by atoms with E-state index >= 15 is 0 Å². The number of sulfonamides is 1. The van der Waals surface area contributed by atoms with Gasteiger partial charge >= 0.3 is 0 Å². The Morgan fingerprint density at radius 1 is 1.10 bits per heavy atom. The molecule has 0 radical (unpaired) electrons. The minimum Gasteiger partial charge on any atom is -0.375 e. The van der Waals surface area contributed by atoms with Crippen molar-refractivity contribution < 1.29 is 30.8 Å². The van der Waals surface area contributed by atoms with Crippen LogP contribution in [0.1, 0.15) is 50.2 Å². The Bertz CT molecular complexity index is 1470. The molecule has 0 saturated heterocycles. The molecule has 1 heterocycles. The monoisotopic (exact) mass is 593 g/mol. The lowest BCUT2D eigenvalue weighted by molar-refractivity contribution is -0.133. The number of nitrogens with one attached hydrogen (secondary N) is 1. The maximum Gasteiger partial charge on any atom is 0.242 e. The molecule has 2 aromatic rings. The van der Waals surface area contributed by atoms with Crippen LogP contribution in [-0.4, -0.2) is 65.2 Å². The highest BCUT2D eigenvalue weighted by molar-refractivity contribution is 7.99. The van der Waals surface area contributed by atoms with E-state index in [2.05, 4.69) is 4.72 Å². The van der Waals surface area contributed by atoms with Crippen molar-refractivity contribution in [3.63, 3.8) is 0 Å². The number of ether oxygens (including phenoxy) is 1. The lowest BCUT2D eigenvalue weighted by Gasteiger charge is -2.37. The zero-order valence-corrected chi connectivity index (χ0v) is 24.4. The molecule has 4 rings (SSSR count). The Labute approximate surface area is 235 Å². The number of hydrogen-bond acceptors (Lipinski definition) is 7. The van der Waals surface area contributed by atoms with E-state index in [1.54, 1.807) is 19.1 Å². The molecule has 1 saturated carbocycles. The van der Waals surface area contributed by atoms with Crippen molar-refractivity contribution in [2.75, 3.05) is 26.0 Å². The Morgan fingerprint density at radius 3 is 2.30 bits per heavy atom. The number of sulfone groups is 1. The summed E-state index contributed by atoms with van der Waals surface area (Å²) < 4.78 is 72.7. The quantitative estimate of drug-likeness (QED) is 0.432. The molecule has 1 aliphatic heterocycles. The molecule has 2 aliphatic rings. The first-order chi connectivity index (χ1) is 18.9. The van der Waals surface area contributed by atoms with Gasteiger partial charge in [0.1, 0.15) is 11.9 Å². The van der Waals surface area contributed by atoms with Crippen LogP contribution in [0.15, 0.2) is 59.0 Å². The van der Waals surface area contributed by atoms with Crippen molar-refractivity contribution in [1.29, 1.82) is 0 Å². The molecule has 2 aromatic carbocycles. The van der Waals surface area contributed by atoms with Crippen LogP contribution in [0.4, 0.5) is 4.39 Å². The lowest BCUT2D eigenvalue weighted by atomic mass is 9.76. The minimum absolute atomic E-state index is 0.0520. The molecule has 9 nitrogen and oxygen atoms in total. The van der Waals surface area contributed by atoms with Gasteiger partial charge in [0.15, 0.2) is 9.84 Å². The van der Waals surface area contributed by atoms with Gasteiger partial charge in [-0.3, -0.25) is 4.79 Å². The van der Waals surface area contributed by atoms with E-state index < -0.39 is 31.4 Å². The third-order valence-corrected chi connectivity index (χ3v) is 10.3. The molecule has 0 unspecified atom stereocenters. The first kappa shape index (κ1) is 30.3. The summed E-state index contributed by atoms with van der Waals surface area (Å²) in [4.78, 5) is 15.1. The Kier molecular flexibility index (Phi) is 9.15. The Morgan fingerprint density at radius 2 is 1.73 bits per heavy atom. The molecular weight excluding hydrogens is 557 g/mol. The average Bonchev–Trinajstić information content (AvgIpc) is 3.12. The number of benzene rings is 2. The number of rotatable bonds is 10. The second kappa shape index (κ2) is 12.1. The van der Waals surface area contributed by atoms with Crippen molar-refractivity contribution in [2.45, 2.75) is 62.1 Å². The van der Waals surface area contributed by atoms with Crippen LogP contribution in [0.25, 0.3) is 4.91 Å². The third kappa shape index (κ3) is 6.63.